The molecule has 0 radical (unpaired) electrons. The highest BCUT2D eigenvalue weighted by molar-refractivity contribution is 7.98. The molecule has 3 aromatic rings. The van der Waals surface area contributed by atoms with E-state index < -0.39 is 0 Å². The van der Waals surface area contributed by atoms with Gasteiger partial charge in [-0.2, -0.15) is 5.10 Å². The molecule has 2 N–H and O–H groups in total. The van der Waals surface area contributed by atoms with E-state index in [0.717, 1.165) is 5.56 Å². The van der Waals surface area contributed by atoms with E-state index in [1.807, 2.05) is 28.8 Å². The smallest absolute Gasteiger partial charge is 0.298 e. The van der Waals surface area contributed by atoms with Gasteiger partial charge in [0.1, 0.15) is 5.82 Å². The number of hydrogen-bond acceptors (Lipinski definition) is 5. The van der Waals surface area contributed by atoms with Crippen molar-refractivity contribution in [3.63, 3.8) is 0 Å². The lowest BCUT2D eigenvalue weighted by Gasteiger charge is -2.07. The summed E-state index contributed by atoms with van der Waals surface area (Å²) in [5.74, 6) is 1.74. The van der Waals surface area contributed by atoms with Crippen LogP contribution < -0.4 is 5.69 Å². The molecule has 0 saturated carbocycles. The summed E-state index contributed by atoms with van der Waals surface area (Å²) in [6.07, 6.45) is 1.78. The maximum absolute atomic E-state index is 11.1. The third-order valence-electron chi connectivity index (χ3n) is 3.00. The van der Waals surface area contributed by atoms with Crippen molar-refractivity contribution < 1.29 is 0 Å². The molecule has 0 aliphatic carbocycles. The maximum atomic E-state index is 11.1. The lowest BCUT2D eigenvalue weighted by molar-refractivity contribution is 0.730. The molecule has 1 aromatic carbocycles. The molecular formula is C14H13ClN6OS. The fraction of sp³-hybridized carbons (Fsp3) is 0.143. The standard InChI is InChI=1S/C14H13ClN6OS/c1-2-6-21-12(9-4-3-5-10(15)7-9)18-20-14(21)23-8-11-16-13(22)19-17-11/h2-5,7H,1,6,8H2,(H2,16,17,19,22). The summed E-state index contributed by atoms with van der Waals surface area (Å²) in [6.45, 7) is 4.34. The number of nitrogens with one attached hydrogen (secondary N) is 2. The highest BCUT2D eigenvalue weighted by Crippen LogP contribution is 2.26. The highest BCUT2D eigenvalue weighted by Gasteiger charge is 2.14. The summed E-state index contributed by atoms with van der Waals surface area (Å²) in [6, 6.07) is 7.44. The van der Waals surface area contributed by atoms with E-state index in [2.05, 4.69) is 32.0 Å². The summed E-state index contributed by atoms with van der Waals surface area (Å²) in [5.41, 5.74) is 0.555. The van der Waals surface area contributed by atoms with Crippen LogP contribution in [0.25, 0.3) is 11.4 Å². The molecule has 2 aromatic heterocycles. The molecule has 0 aliphatic rings. The van der Waals surface area contributed by atoms with Crippen molar-refractivity contribution in [3.05, 3.63) is 58.3 Å². The van der Waals surface area contributed by atoms with E-state index >= 15 is 0 Å². The molecule has 0 bridgehead atoms. The number of nitrogens with zero attached hydrogens (tertiary/aromatic N) is 4. The molecule has 0 aliphatic heterocycles. The lowest BCUT2D eigenvalue weighted by atomic mass is 10.2. The fourth-order valence-electron chi connectivity index (χ4n) is 2.04. The Morgan fingerprint density at radius 2 is 2.26 bits per heavy atom. The zero-order chi connectivity index (χ0) is 16.2. The first kappa shape index (κ1) is 15.6. The molecule has 7 nitrogen and oxygen atoms in total. The number of halogens is 1. The zero-order valence-electron chi connectivity index (χ0n) is 12.0. The Kier molecular flexibility index (Phi) is 4.63. The van der Waals surface area contributed by atoms with E-state index in [1.54, 1.807) is 6.08 Å². The monoisotopic (exact) mass is 348 g/mol. The topological polar surface area (TPSA) is 92.2 Å². The van der Waals surface area contributed by atoms with E-state index in [0.29, 0.717) is 34.1 Å². The number of rotatable bonds is 6. The van der Waals surface area contributed by atoms with E-state index in [9.17, 15) is 4.79 Å². The van der Waals surface area contributed by atoms with Gasteiger partial charge in [-0.1, -0.05) is 41.6 Å². The molecule has 0 spiro atoms. The molecule has 0 unspecified atom stereocenters. The number of allylic oxidation sites excluding steroid dienone is 1. The molecular weight excluding hydrogens is 336 g/mol. The molecule has 0 amide bonds. The van der Waals surface area contributed by atoms with Gasteiger partial charge in [0, 0.05) is 17.1 Å². The second-order valence-corrected chi connectivity index (χ2v) is 6.01. The van der Waals surface area contributed by atoms with Crippen LogP contribution in [-0.4, -0.2) is 29.9 Å². The van der Waals surface area contributed by atoms with Crippen LogP contribution in [-0.2, 0) is 12.3 Å². The minimum absolute atomic E-state index is 0.326. The first-order valence-corrected chi connectivity index (χ1v) is 8.10. The van der Waals surface area contributed by atoms with Gasteiger partial charge in [-0.25, -0.2) is 9.89 Å². The number of hydrogen-bond donors (Lipinski definition) is 2. The molecule has 2 heterocycles. The van der Waals surface area contributed by atoms with E-state index in [1.165, 1.54) is 11.8 Å². The summed E-state index contributed by atoms with van der Waals surface area (Å²) >= 11 is 7.48. The average molecular weight is 349 g/mol. The number of aromatic nitrogens is 6. The Morgan fingerprint density at radius 1 is 1.39 bits per heavy atom. The Hall–Kier alpha value is -2.32. The van der Waals surface area contributed by atoms with Gasteiger partial charge in [0.25, 0.3) is 0 Å². The number of thioether (sulfide) groups is 1. The van der Waals surface area contributed by atoms with Gasteiger partial charge in [-0.3, -0.25) is 9.55 Å². The van der Waals surface area contributed by atoms with Crippen molar-refractivity contribution in [1.29, 1.82) is 0 Å². The van der Waals surface area contributed by atoms with Gasteiger partial charge < -0.3 is 0 Å². The minimum Gasteiger partial charge on any atom is -0.298 e. The van der Waals surface area contributed by atoms with Crippen LogP contribution in [0, 0.1) is 0 Å². The van der Waals surface area contributed by atoms with Crippen LogP contribution in [0.3, 0.4) is 0 Å². The molecule has 0 atom stereocenters. The van der Waals surface area contributed by atoms with E-state index in [-0.39, 0.29) is 5.69 Å². The summed E-state index contributed by atoms with van der Waals surface area (Å²) in [4.78, 5) is 13.7. The van der Waals surface area contributed by atoms with Crippen LogP contribution in [0.4, 0.5) is 0 Å². The summed E-state index contributed by atoms with van der Waals surface area (Å²) in [7, 11) is 0. The zero-order valence-corrected chi connectivity index (χ0v) is 13.6. The van der Waals surface area contributed by atoms with Gasteiger partial charge in [-0.05, 0) is 12.1 Å². The van der Waals surface area contributed by atoms with Crippen molar-refractivity contribution >= 4 is 23.4 Å². The van der Waals surface area contributed by atoms with Crippen molar-refractivity contribution in [2.75, 3.05) is 0 Å². The quantitative estimate of drug-likeness (QED) is 0.527. The Morgan fingerprint density at radius 3 is 2.96 bits per heavy atom. The Bertz CT molecular complexity index is 883. The second kappa shape index (κ2) is 6.84. The number of aromatic amines is 2. The highest BCUT2D eigenvalue weighted by atomic mass is 35.5. The predicted molar refractivity (Wildman–Crippen MR) is 89.4 cm³/mol. The Labute approximate surface area is 140 Å². The number of benzene rings is 1. The summed E-state index contributed by atoms with van der Waals surface area (Å²) < 4.78 is 1.94. The maximum Gasteiger partial charge on any atom is 0.340 e. The van der Waals surface area contributed by atoms with Crippen LogP contribution in [0.5, 0.6) is 0 Å². The second-order valence-electron chi connectivity index (χ2n) is 4.63. The van der Waals surface area contributed by atoms with Gasteiger partial charge in [0.2, 0.25) is 0 Å². The van der Waals surface area contributed by atoms with Crippen molar-refractivity contribution in [3.8, 4) is 11.4 Å². The van der Waals surface area contributed by atoms with Crippen molar-refractivity contribution in [1.82, 2.24) is 29.9 Å². The third-order valence-corrected chi connectivity index (χ3v) is 4.21. The normalized spacial score (nSPS) is 10.8. The molecule has 0 saturated heterocycles. The molecule has 3 rings (SSSR count). The fourth-order valence-corrected chi connectivity index (χ4v) is 3.04. The SMILES string of the molecule is C=CCn1c(SCc2n[nH]c(=O)[nH]2)nnc1-c1cccc(Cl)c1. The largest absolute Gasteiger partial charge is 0.340 e. The summed E-state index contributed by atoms with van der Waals surface area (Å²) in [5, 5.41) is 16.0. The third kappa shape index (κ3) is 3.54. The van der Waals surface area contributed by atoms with Crippen molar-refractivity contribution in [2.24, 2.45) is 0 Å². The average Bonchev–Trinajstić information content (AvgIpc) is 3.12. The molecule has 23 heavy (non-hydrogen) atoms. The van der Waals surface area contributed by atoms with Gasteiger partial charge in [0.05, 0.1) is 5.75 Å². The van der Waals surface area contributed by atoms with E-state index in [4.69, 9.17) is 11.6 Å². The first-order chi connectivity index (χ1) is 11.2. The van der Waals surface area contributed by atoms with Gasteiger partial charge in [-0.15, -0.1) is 16.8 Å². The molecule has 9 heteroatoms. The van der Waals surface area contributed by atoms with Crippen LogP contribution in [0.15, 0.2) is 46.9 Å². The van der Waals surface area contributed by atoms with Crippen LogP contribution in [0.1, 0.15) is 5.82 Å². The first-order valence-electron chi connectivity index (χ1n) is 6.74. The lowest BCUT2D eigenvalue weighted by Crippen LogP contribution is -2.02. The van der Waals surface area contributed by atoms with Crippen molar-refractivity contribution in [2.45, 2.75) is 17.5 Å². The molecule has 118 valence electrons. The molecule has 0 fully saturated rings. The Balaban J connectivity index is 1.88. The predicted octanol–water partition coefficient (Wildman–Crippen LogP) is 2.49. The van der Waals surface area contributed by atoms with Gasteiger partial charge >= 0.3 is 5.69 Å². The number of H-pyrrole nitrogens is 2. The minimum atomic E-state index is -0.326. The van der Waals surface area contributed by atoms with Gasteiger partial charge in [0.15, 0.2) is 11.0 Å². The van der Waals surface area contributed by atoms with Crippen LogP contribution >= 0.6 is 23.4 Å². The van der Waals surface area contributed by atoms with Crippen LogP contribution in [0.2, 0.25) is 5.02 Å².